The van der Waals surface area contributed by atoms with E-state index in [0.29, 0.717) is 6.42 Å². The summed E-state index contributed by atoms with van der Waals surface area (Å²) < 4.78 is 23.6. The zero-order valence-corrected chi connectivity index (χ0v) is 14.5. The van der Waals surface area contributed by atoms with Crippen molar-refractivity contribution < 1.29 is 8.42 Å². The summed E-state index contributed by atoms with van der Waals surface area (Å²) in [6.45, 7) is 3.09. The summed E-state index contributed by atoms with van der Waals surface area (Å²) in [6.07, 6.45) is 3.93. The third-order valence-corrected chi connectivity index (χ3v) is 4.67. The SMILES string of the molecule is CCCNC(CCCS(C)(=O)=O)c1ccc(I)cc1. The van der Waals surface area contributed by atoms with Gasteiger partial charge in [-0.05, 0) is 66.1 Å². The van der Waals surface area contributed by atoms with Gasteiger partial charge in [0.15, 0.2) is 0 Å². The van der Waals surface area contributed by atoms with E-state index in [4.69, 9.17) is 0 Å². The van der Waals surface area contributed by atoms with Gasteiger partial charge < -0.3 is 5.32 Å². The minimum atomic E-state index is -2.86. The molecular weight excluding hydrogens is 373 g/mol. The molecule has 1 aromatic rings. The summed E-state index contributed by atoms with van der Waals surface area (Å²) in [6, 6.07) is 8.67. The summed E-state index contributed by atoms with van der Waals surface area (Å²) in [5.41, 5.74) is 1.24. The van der Waals surface area contributed by atoms with Crippen LogP contribution in [-0.4, -0.2) is 27.0 Å². The van der Waals surface area contributed by atoms with Crippen molar-refractivity contribution in [1.82, 2.24) is 5.32 Å². The molecule has 0 fully saturated rings. The lowest BCUT2D eigenvalue weighted by Crippen LogP contribution is -2.22. The molecule has 108 valence electrons. The van der Waals surface area contributed by atoms with Crippen molar-refractivity contribution in [3.05, 3.63) is 33.4 Å². The molecule has 0 saturated heterocycles. The first-order valence-electron chi connectivity index (χ1n) is 6.59. The fourth-order valence-corrected chi connectivity index (χ4v) is 3.00. The molecule has 0 heterocycles. The molecule has 19 heavy (non-hydrogen) atoms. The van der Waals surface area contributed by atoms with E-state index in [1.807, 2.05) is 0 Å². The third kappa shape index (κ3) is 7.27. The maximum absolute atomic E-state index is 11.2. The largest absolute Gasteiger partial charge is 0.310 e. The molecule has 3 nitrogen and oxygen atoms in total. The molecule has 1 atom stereocenters. The smallest absolute Gasteiger partial charge is 0.147 e. The second-order valence-corrected chi connectivity index (χ2v) is 8.34. The van der Waals surface area contributed by atoms with Crippen LogP contribution in [0.2, 0.25) is 0 Å². The number of benzene rings is 1. The zero-order valence-electron chi connectivity index (χ0n) is 11.5. The Bertz CT molecular complexity index is 471. The lowest BCUT2D eigenvalue weighted by molar-refractivity contribution is 0.492. The quantitative estimate of drug-likeness (QED) is 0.688. The van der Waals surface area contributed by atoms with Gasteiger partial charge in [0, 0.05) is 21.6 Å². The van der Waals surface area contributed by atoms with Gasteiger partial charge in [-0.15, -0.1) is 0 Å². The average Bonchev–Trinajstić information content (AvgIpc) is 2.33. The van der Waals surface area contributed by atoms with Crippen molar-refractivity contribution in [2.75, 3.05) is 18.6 Å². The van der Waals surface area contributed by atoms with E-state index in [1.54, 1.807) is 0 Å². The molecule has 0 aromatic heterocycles. The monoisotopic (exact) mass is 395 g/mol. The van der Waals surface area contributed by atoms with Crippen LogP contribution in [0.25, 0.3) is 0 Å². The topological polar surface area (TPSA) is 46.2 Å². The Morgan fingerprint density at radius 2 is 1.89 bits per heavy atom. The second-order valence-electron chi connectivity index (χ2n) is 4.83. The molecule has 1 N–H and O–H groups in total. The Morgan fingerprint density at radius 1 is 1.26 bits per heavy atom. The zero-order chi connectivity index (χ0) is 14.3. The van der Waals surface area contributed by atoms with Gasteiger partial charge in [0.25, 0.3) is 0 Å². The van der Waals surface area contributed by atoms with Crippen molar-refractivity contribution in [3.63, 3.8) is 0 Å². The van der Waals surface area contributed by atoms with Crippen molar-refractivity contribution in [2.45, 2.75) is 32.2 Å². The van der Waals surface area contributed by atoms with Gasteiger partial charge in [-0.3, -0.25) is 0 Å². The predicted octanol–water partition coefficient (Wildman–Crippen LogP) is 3.16. The first kappa shape index (κ1) is 16.9. The molecule has 0 amide bonds. The molecule has 0 aliphatic carbocycles. The van der Waals surface area contributed by atoms with Crippen molar-refractivity contribution >= 4 is 32.4 Å². The van der Waals surface area contributed by atoms with Crippen molar-refractivity contribution in [2.24, 2.45) is 0 Å². The van der Waals surface area contributed by atoms with E-state index >= 15 is 0 Å². The minimum absolute atomic E-state index is 0.249. The maximum atomic E-state index is 11.2. The number of sulfone groups is 1. The van der Waals surface area contributed by atoms with E-state index in [-0.39, 0.29) is 11.8 Å². The van der Waals surface area contributed by atoms with Gasteiger partial charge in [-0.25, -0.2) is 8.42 Å². The predicted molar refractivity (Wildman–Crippen MR) is 89.1 cm³/mol. The lowest BCUT2D eigenvalue weighted by atomic mass is 10.0. The first-order chi connectivity index (χ1) is 8.92. The Hall–Kier alpha value is -0.140. The highest BCUT2D eigenvalue weighted by atomic mass is 127. The Balaban J connectivity index is 2.63. The highest BCUT2D eigenvalue weighted by molar-refractivity contribution is 14.1. The number of rotatable bonds is 8. The molecule has 5 heteroatoms. The molecule has 0 aliphatic rings. The van der Waals surface area contributed by atoms with Gasteiger partial charge in [-0.2, -0.15) is 0 Å². The van der Waals surface area contributed by atoms with Gasteiger partial charge in [0.1, 0.15) is 9.84 Å². The molecule has 0 bridgehead atoms. The fraction of sp³-hybridized carbons (Fsp3) is 0.571. The van der Waals surface area contributed by atoms with E-state index in [0.717, 1.165) is 19.4 Å². The van der Waals surface area contributed by atoms with Crippen LogP contribution in [0.5, 0.6) is 0 Å². The second kappa shape index (κ2) is 8.21. The van der Waals surface area contributed by atoms with Gasteiger partial charge >= 0.3 is 0 Å². The molecule has 0 saturated carbocycles. The Labute approximate surface area is 130 Å². The van der Waals surface area contributed by atoms with Crippen LogP contribution in [0.15, 0.2) is 24.3 Å². The molecule has 0 radical (unpaired) electrons. The summed E-state index contributed by atoms with van der Waals surface area (Å²) in [5.74, 6) is 0.266. The molecule has 0 spiro atoms. The van der Waals surface area contributed by atoms with Gasteiger partial charge in [0.05, 0.1) is 0 Å². The average molecular weight is 395 g/mol. The Kier molecular flexibility index (Phi) is 7.31. The van der Waals surface area contributed by atoms with Crippen LogP contribution in [-0.2, 0) is 9.84 Å². The lowest BCUT2D eigenvalue weighted by Gasteiger charge is -2.19. The van der Waals surface area contributed by atoms with Crippen LogP contribution in [0.1, 0.15) is 37.8 Å². The molecule has 0 aliphatic heterocycles. The highest BCUT2D eigenvalue weighted by Crippen LogP contribution is 2.20. The molecular formula is C14H22INO2S. The number of hydrogen-bond donors (Lipinski definition) is 1. The van der Waals surface area contributed by atoms with Crippen LogP contribution >= 0.6 is 22.6 Å². The fourth-order valence-electron chi connectivity index (χ4n) is 1.95. The molecule has 1 aromatic carbocycles. The van der Waals surface area contributed by atoms with Crippen LogP contribution < -0.4 is 5.32 Å². The third-order valence-electron chi connectivity index (χ3n) is 2.92. The number of nitrogens with one attached hydrogen (secondary N) is 1. The Morgan fingerprint density at radius 3 is 2.42 bits per heavy atom. The summed E-state index contributed by atoms with van der Waals surface area (Å²) in [4.78, 5) is 0. The molecule has 1 rings (SSSR count). The van der Waals surface area contributed by atoms with Gasteiger partial charge in [-0.1, -0.05) is 19.1 Å². The van der Waals surface area contributed by atoms with Crippen LogP contribution in [0.4, 0.5) is 0 Å². The van der Waals surface area contributed by atoms with Gasteiger partial charge in [0.2, 0.25) is 0 Å². The maximum Gasteiger partial charge on any atom is 0.147 e. The summed E-state index contributed by atoms with van der Waals surface area (Å²) >= 11 is 2.29. The van der Waals surface area contributed by atoms with Crippen molar-refractivity contribution in [1.29, 1.82) is 0 Å². The van der Waals surface area contributed by atoms with E-state index < -0.39 is 9.84 Å². The first-order valence-corrected chi connectivity index (χ1v) is 9.73. The number of hydrogen-bond acceptors (Lipinski definition) is 3. The van der Waals surface area contributed by atoms with E-state index in [1.165, 1.54) is 15.4 Å². The standard InChI is InChI=1S/C14H22INO2S/c1-3-10-16-14(5-4-11-19(2,17)18)12-6-8-13(15)9-7-12/h6-9,14,16H,3-5,10-11H2,1-2H3. The van der Waals surface area contributed by atoms with Crippen molar-refractivity contribution in [3.8, 4) is 0 Å². The normalized spacial score (nSPS) is 13.4. The van der Waals surface area contributed by atoms with Crippen LogP contribution in [0.3, 0.4) is 0 Å². The van der Waals surface area contributed by atoms with E-state index in [9.17, 15) is 8.42 Å². The van der Waals surface area contributed by atoms with E-state index in [2.05, 4.69) is 59.1 Å². The molecule has 1 unspecified atom stereocenters. The highest BCUT2D eigenvalue weighted by Gasteiger charge is 2.12. The summed E-state index contributed by atoms with van der Waals surface area (Å²) in [5, 5.41) is 3.49. The summed E-state index contributed by atoms with van der Waals surface area (Å²) in [7, 11) is -2.86. The number of halogens is 1. The minimum Gasteiger partial charge on any atom is -0.310 e. The van der Waals surface area contributed by atoms with Crippen LogP contribution in [0, 0.1) is 3.57 Å².